The minimum Gasteiger partial charge on any atom is -0.361 e. The standard InChI is InChI=1S/C31H35N7/c1-21-27-11-14-33-30(27)10-9-29(21)36-31-24(17-32)19-34-22(2)28(31)8-7-25-6-5-23(18-35-25)20-38-15-12-26(13-16-38)37(3)4/h5-11,14,18-19,26,33H,12-13,15-16,20H2,1-4H3,(H,34,36)/b8-7+. The van der Waals surface area contributed by atoms with Gasteiger partial charge in [0.05, 0.1) is 16.9 Å². The average Bonchev–Trinajstić information content (AvgIpc) is 3.41. The van der Waals surface area contributed by atoms with Crippen molar-refractivity contribution < 1.29 is 0 Å². The molecule has 1 aliphatic heterocycles. The Labute approximate surface area is 224 Å². The van der Waals surface area contributed by atoms with E-state index in [9.17, 15) is 5.26 Å². The normalized spacial score (nSPS) is 14.9. The Morgan fingerprint density at radius 1 is 1.08 bits per heavy atom. The molecule has 4 aromatic rings. The van der Waals surface area contributed by atoms with E-state index in [-0.39, 0.29) is 0 Å². The molecule has 1 aromatic carbocycles. The lowest BCUT2D eigenvalue weighted by Gasteiger charge is -2.35. The molecule has 7 heteroatoms. The van der Waals surface area contributed by atoms with E-state index < -0.39 is 0 Å². The number of rotatable bonds is 7. The van der Waals surface area contributed by atoms with Gasteiger partial charge in [-0.05, 0) is 101 Å². The predicted molar refractivity (Wildman–Crippen MR) is 155 cm³/mol. The van der Waals surface area contributed by atoms with Crippen LogP contribution in [0.2, 0.25) is 0 Å². The summed E-state index contributed by atoms with van der Waals surface area (Å²) in [4.78, 5) is 17.3. The van der Waals surface area contributed by atoms with Crippen LogP contribution in [0.25, 0.3) is 23.1 Å². The SMILES string of the molecule is Cc1ncc(C#N)c(Nc2ccc3[nH]ccc3c2C)c1/C=C/c1ccc(CN2CCC(N(C)C)CC2)cn1. The molecule has 5 rings (SSSR count). The summed E-state index contributed by atoms with van der Waals surface area (Å²) in [5, 5.41) is 14.5. The monoisotopic (exact) mass is 505 g/mol. The van der Waals surface area contributed by atoms with E-state index in [1.807, 2.05) is 37.5 Å². The fourth-order valence-corrected chi connectivity index (χ4v) is 5.25. The van der Waals surface area contributed by atoms with Crippen LogP contribution in [0.5, 0.6) is 0 Å². The number of nitrogens with one attached hydrogen (secondary N) is 2. The number of aryl methyl sites for hydroxylation is 2. The summed E-state index contributed by atoms with van der Waals surface area (Å²) in [5.74, 6) is 0. The van der Waals surface area contributed by atoms with Gasteiger partial charge in [-0.2, -0.15) is 5.26 Å². The lowest BCUT2D eigenvalue weighted by Crippen LogP contribution is -2.41. The molecule has 0 bridgehead atoms. The van der Waals surface area contributed by atoms with Gasteiger partial charge < -0.3 is 15.2 Å². The van der Waals surface area contributed by atoms with Crippen LogP contribution in [0.1, 0.15) is 46.5 Å². The second-order valence-corrected chi connectivity index (χ2v) is 10.4. The Kier molecular flexibility index (Phi) is 7.54. The first-order valence-electron chi connectivity index (χ1n) is 13.2. The van der Waals surface area contributed by atoms with Crippen molar-refractivity contribution in [3.63, 3.8) is 0 Å². The van der Waals surface area contributed by atoms with E-state index in [1.54, 1.807) is 6.20 Å². The summed E-state index contributed by atoms with van der Waals surface area (Å²) in [7, 11) is 4.35. The van der Waals surface area contributed by atoms with Crippen molar-refractivity contribution in [2.45, 2.75) is 39.3 Å². The quantitative estimate of drug-likeness (QED) is 0.326. The molecular formula is C31H35N7. The number of nitrogens with zero attached hydrogens (tertiary/aromatic N) is 5. The first-order valence-corrected chi connectivity index (χ1v) is 13.2. The molecule has 3 aromatic heterocycles. The van der Waals surface area contributed by atoms with Crippen LogP contribution in [-0.4, -0.2) is 58.0 Å². The van der Waals surface area contributed by atoms with Gasteiger partial charge in [-0.25, -0.2) is 0 Å². The largest absolute Gasteiger partial charge is 0.361 e. The number of anilines is 2. The zero-order chi connectivity index (χ0) is 26.6. The van der Waals surface area contributed by atoms with Crippen LogP contribution in [0, 0.1) is 25.2 Å². The molecule has 0 atom stereocenters. The third-order valence-electron chi connectivity index (χ3n) is 7.66. The molecule has 0 unspecified atom stereocenters. The number of likely N-dealkylation sites (tertiary alicyclic amines) is 1. The van der Waals surface area contributed by atoms with Crippen molar-refractivity contribution in [2.24, 2.45) is 0 Å². The number of fused-ring (bicyclic) bond motifs is 1. The maximum atomic E-state index is 9.83. The number of aromatic amines is 1. The Bertz CT molecular complexity index is 1480. The highest BCUT2D eigenvalue weighted by atomic mass is 15.2. The van der Waals surface area contributed by atoms with E-state index in [4.69, 9.17) is 4.98 Å². The summed E-state index contributed by atoms with van der Waals surface area (Å²) >= 11 is 0. The topological polar surface area (TPSA) is 83.9 Å². The molecule has 1 aliphatic rings. The number of H-pyrrole nitrogens is 1. The molecule has 0 saturated carbocycles. The smallest absolute Gasteiger partial charge is 0.103 e. The summed E-state index contributed by atoms with van der Waals surface area (Å²) < 4.78 is 0. The second kappa shape index (κ2) is 11.2. The zero-order valence-electron chi connectivity index (χ0n) is 22.6. The van der Waals surface area contributed by atoms with E-state index in [2.05, 4.69) is 76.4 Å². The summed E-state index contributed by atoms with van der Waals surface area (Å²) in [6.45, 7) is 7.23. The van der Waals surface area contributed by atoms with Crippen molar-refractivity contribution >= 4 is 34.4 Å². The first kappa shape index (κ1) is 25.7. The highest BCUT2D eigenvalue weighted by molar-refractivity contribution is 5.90. The Morgan fingerprint density at radius 2 is 1.89 bits per heavy atom. The molecule has 7 nitrogen and oxygen atoms in total. The van der Waals surface area contributed by atoms with Crippen LogP contribution in [0.15, 0.2) is 48.9 Å². The molecule has 38 heavy (non-hydrogen) atoms. The van der Waals surface area contributed by atoms with Gasteiger partial charge in [0, 0.05) is 59.0 Å². The van der Waals surface area contributed by atoms with E-state index in [1.165, 1.54) is 18.4 Å². The van der Waals surface area contributed by atoms with E-state index in [0.29, 0.717) is 11.6 Å². The number of pyridine rings is 2. The van der Waals surface area contributed by atoms with Crippen LogP contribution in [-0.2, 0) is 6.54 Å². The average molecular weight is 506 g/mol. The fourth-order valence-electron chi connectivity index (χ4n) is 5.25. The van der Waals surface area contributed by atoms with Gasteiger partial charge in [-0.15, -0.1) is 0 Å². The molecule has 0 radical (unpaired) electrons. The van der Waals surface area contributed by atoms with Gasteiger partial charge in [-0.3, -0.25) is 14.9 Å². The van der Waals surface area contributed by atoms with Crippen LogP contribution in [0.4, 0.5) is 11.4 Å². The fraction of sp³-hybridized carbons (Fsp3) is 0.323. The molecule has 0 spiro atoms. The number of benzene rings is 1. The molecule has 2 N–H and O–H groups in total. The third kappa shape index (κ3) is 5.47. The van der Waals surface area contributed by atoms with Crippen molar-refractivity contribution in [2.75, 3.05) is 32.5 Å². The van der Waals surface area contributed by atoms with Gasteiger partial charge in [-0.1, -0.05) is 6.07 Å². The van der Waals surface area contributed by atoms with Gasteiger partial charge in [0.25, 0.3) is 0 Å². The lowest BCUT2D eigenvalue weighted by atomic mass is 10.0. The highest BCUT2D eigenvalue weighted by Gasteiger charge is 2.20. The maximum Gasteiger partial charge on any atom is 0.103 e. The van der Waals surface area contributed by atoms with E-state index >= 15 is 0 Å². The van der Waals surface area contributed by atoms with Crippen molar-refractivity contribution in [3.05, 3.63) is 82.6 Å². The lowest BCUT2D eigenvalue weighted by molar-refractivity contribution is 0.140. The van der Waals surface area contributed by atoms with Crippen LogP contribution in [0.3, 0.4) is 0 Å². The molecule has 1 saturated heterocycles. The Balaban J connectivity index is 1.34. The van der Waals surface area contributed by atoms with Crippen molar-refractivity contribution in [3.8, 4) is 6.07 Å². The number of hydrogen-bond donors (Lipinski definition) is 2. The molecule has 0 aliphatic carbocycles. The van der Waals surface area contributed by atoms with Crippen molar-refractivity contribution in [1.82, 2.24) is 24.8 Å². The van der Waals surface area contributed by atoms with Gasteiger partial charge in [0.2, 0.25) is 0 Å². The van der Waals surface area contributed by atoms with Gasteiger partial charge in [0.15, 0.2) is 0 Å². The number of aromatic nitrogens is 3. The Morgan fingerprint density at radius 3 is 2.61 bits per heavy atom. The summed E-state index contributed by atoms with van der Waals surface area (Å²) in [5.41, 5.74) is 8.27. The maximum absolute atomic E-state index is 9.83. The Hall–Kier alpha value is -3.99. The van der Waals surface area contributed by atoms with Crippen LogP contribution < -0.4 is 5.32 Å². The number of piperidine rings is 1. The van der Waals surface area contributed by atoms with Gasteiger partial charge in [0.1, 0.15) is 6.07 Å². The van der Waals surface area contributed by atoms with Crippen molar-refractivity contribution in [1.29, 1.82) is 5.26 Å². The summed E-state index contributed by atoms with van der Waals surface area (Å²) in [6.07, 6.45) is 12.0. The number of hydrogen-bond acceptors (Lipinski definition) is 6. The molecule has 4 heterocycles. The molecule has 194 valence electrons. The highest BCUT2D eigenvalue weighted by Crippen LogP contribution is 2.32. The zero-order valence-corrected chi connectivity index (χ0v) is 22.6. The minimum atomic E-state index is 0.505. The van der Waals surface area contributed by atoms with Gasteiger partial charge >= 0.3 is 0 Å². The first-order chi connectivity index (χ1) is 18.4. The van der Waals surface area contributed by atoms with E-state index in [0.717, 1.165) is 64.4 Å². The molecule has 1 fully saturated rings. The van der Waals surface area contributed by atoms with Crippen LogP contribution >= 0.6 is 0 Å². The minimum absolute atomic E-state index is 0.505. The number of nitriles is 1. The molecule has 0 amide bonds. The predicted octanol–water partition coefficient (Wildman–Crippen LogP) is 5.89. The second-order valence-electron chi connectivity index (χ2n) is 10.4. The third-order valence-corrected chi connectivity index (χ3v) is 7.66. The summed E-state index contributed by atoms with van der Waals surface area (Å²) in [6, 6.07) is 13.4. The molecular weight excluding hydrogens is 470 g/mol.